The van der Waals surface area contributed by atoms with Gasteiger partial charge in [-0.2, -0.15) is 0 Å². The second-order valence-corrected chi connectivity index (χ2v) is 13.6. The van der Waals surface area contributed by atoms with Gasteiger partial charge < -0.3 is 65.3 Å². The lowest BCUT2D eigenvalue weighted by molar-refractivity contribution is -0.136. The zero-order chi connectivity index (χ0) is 42.5. The fourth-order valence-corrected chi connectivity index (χ4v) is 5.04. The number of likely N-dealkylation sites (N-methyl/N-ethyl adjacent to an activating group) is 1. The third-order valence-electron chi connectivity index (χ3n) is 8.30. The van der Waals surface area contributed by atoms with Gasteiger partial charge in [0.2, 0.25) is 47.3 Å². The minimum atomic E-state index is -1.67. The first-order valence-corrected chi connectivity index (χ1v) is 18.0. The molecule has 0 heterocycles. The first-order chi connectivity index (χ1) is 26.3. The number of amides is 8. The third kappa shape index (κ3) is 17.5. The van der Waals surface area contributed by atoms with Crippen LogP contribution in [0, 0.1) is 11.8 Å². The van der Waals surface area contributed by atoms with Crippen molar-refractivity contribution in [2.75, 3.05) is 26.7 Å². The molecule has 0 saturated carbocycles. The smallest absolute Gasteiger partial charge is 0.245 e. The SMILES string of the molecule is CNC(=O)[C@H](Cc1ccccc1)NC(=O)[C@H](CCCN=C(N)N)NC(=O)CNC(=O)[C@H](CO)NC(=O)[C@H](CC(N)=O)NC(=O)[C@@H](NC(=O)[C@@H](N)C(C)C)C(C)C. The highest BCUT2D eigenvalue weighted by Gasteiger charge is 2.33. The van der Waals surface area contributed by atoms with E-state index in [9.17, 15) is 43.5 Å². The van der Waals surface area contributed by atoms with Crippen molar-refractivity contribution in [2.24, 2.45) is 39.8 Å². The van der Waals surface area contributed by atoms with Crippen LogP contribution in [-0.4, -0.2) is 121 Å². The predicted octanol–water partition coefficient (Wildman–Crippen LogP) is -4.92. The summed E-state index contributed by atoms with van der Waals surface area (Å²) >= 11 is 0. The number of nitrogens with two attached hydrogens (primary N) is 4. The van der Waals surface area contributed by atoms with Crippen molar-refractivity contribution in [1.29, 1.82) is 0 Å². The largest absolute Gasteiger partial charge is 0.394 e. The molecule has 312 valence electrons. The highest BCUT2D eigenvalue weighted by atomic mass is 16.3. The Kier molecular flexibility index (Phi) is 21.1. The van der Waals surface area contributed by atoms with E-state index in [-0.39, 0.29) is 37.7 Å². The van der Waals surface area contributed by atoms with Crippen molar-refractivity contribution in [1.82, 2.24) is 37.2 Å². The average Bonchev–Trinajstić information content (AvgIpc) is 3.14. The van der Waals surface area contributed by atoms with Crippen LogP contribution >= 0.6 is 0 Å². The average molecular weight is 791 g/mol. The molecule has 0 bridgehead atoms. The number of hydrogen-bond donors (Lipinski definition) is 12. The molecular formula is C35H58N12O9. The molecular weight excluding hydrogens is 732 g/mol. The zero-order valence-electron chi connectivity index (χ0n) is 32.4. The van der Waals surface area contributed by atoms with Gasteiger partial charge in [-0.25, -0.2) is 0 Å². The van der Waals surface area contributed by atoms with Gasteiger partial charge in [0.25, 0.3) is 0 Å². The highest BCUT2D eigenvalue weighted by molar-refractivity contribution is 5.98. The number of primary amides is 1. The van der Waals surface area contributed by atoms with Gasteiger partial charge in [-0.05, 0) is 30.2 Å². The summed E-state index contributed by atoms with van der Waals surface area (Å²) in [5, 5.41) is 26.9. The topological polar surface area (TPSA) is 357 Å². The van der Waals surface area contributed by atoms with Gasteiger partial charge in [0.15, 0.2) is 5.96 Å². The first kappa shape index (κ1) is 48.2. The van der Waals surface area contributed by atoms with Crippen molar-refractivity contribution in [3.05, 3.63) is 35.9 Å². The molecule has 0 fully saturated rings. The van der Waals surface area contributed by atoms with Gasteiger partial charge >= 0.3 is 0 Å². The number of hydrogen-bond acceptors (Lipinski definition) is 11. The standard InChI is InChI=1S/C35H58N12O9/c1-18(2)27(37)33(55)47-28(19(3)4)34(56)45-23(15-25(36)49)32(54)46-24(17-48)30(52)42-16-26(50)43-21(12-9-13-41-35(38)39)31(53)44-22(29(51)40-5)14-20-10-7-6-8-11-20/h6-8,10-11,18-19,21-24,27-28,48H,9,12-17,37H2,1-5H3,(H2,36,49)(H,40,51)(H,42,52)(H,43,50)(H,44,53)(H,45,56)(H,46,54)(H,47,55)(H4,38,39,41)/t21-,22-,23-,24-,27-,28-/m0/s1. The van der Waals surface area contributed by atoms with Crippen LogP contribution in [-0.2, 0) is 44.8 Å². The molecule has 0 aliphatic carbocycles. The van der Waals surface area contributed by atoms with Gasteiger partial charge in [-0.1, -0.05) is 58.0 Å². The van der Waals surface area contributed by atoms with Gasteiger partial charge in [-0.3, -0.25) is 43.3 Å². The number of benzene rings is 1. The minimum absolute atomic E-state index is 0.0300. The second kappa shape index (κ2) is 24.6. The summed E-state index contributed by atoms with van der Waals surface area (Å²) in [6, 6.07) is 1.33. The molecule has 16 N–H and O–H groups in total. The molecule has 21 heteroatoms. The van der Waals surface area contributed by atoms with Crippen LogP contribution in [0.25, 0.3) is 0 Å². The van der Waals surface area contributed by atoms with Gasteiger partial charge in [-0.15, -0.1) is 0 Å². The fraction of sp³-hybridized carbons (Fsp3) is 0.571. The number of nitrogens with one attached hydrogen (secondary N) is 7. The van der Waals surface area contributed by atoms with E-state index in [0.29, 0.717) is 0 Å². The zero-order valence-corrected chi connectivity index (χ0v) is 32.4. The molecule has 0 unspecified atom stereocenters. The van der Waals surface area contributed by atoms with E-state index in [1.807, 2.05) is 0 Å². The number of carbonyl (C=O) groups is 8. The molecule has 0 aliphatic heterocycles. The number of guanidine groups is 1. The van der Waals surface area contributed by atoms with E-state index >= 15 is 0 Å². The lowest BCUT2D eigenvalue weighted by Gasteiger charge is -2.27. The second-order valence-electron chi connectivity index (χ2n) is 13.6. The molecule has 1 aromatic carbocycles. The van der Waals surface area contributed by atoms with E-state index < -0.39 is 109 Å². The molecule has 0 radical (unpaired) electrons. The van der Waals surface area contributed by atoms with Crippen LogP contribution in [0.15, 0.2) is 35.3 Å². The Hall–Kier alpha value is -5.83. The molecule has 6 atom stereocenters. The van der Waals surface area contributed by atoms with Gasteiger partial charge in [0.1, 0.15) is 30.2 Å². The number of aliphatic imine (C=N–C) groups is 1. The van der Waals surface area contributed by atoms with Crippen LogP contribution in [0.5, 0.6) is 0 Å². The summed E-state index contributed by atoms with van der Waals surface area (Å²) in [4.78, 5) is 107. The Morgan fingerprint density at radius 2 is 1.29 bits per heavy atom. The fourth-order valence-electron chi connectivity index (χ4n) is 5.04. The Balaban J connectivity index is 3.03. The summed E-state index contributed by atoms with van der Waals surface area (Å²) in [5.41, 5.74) is 22.7. The summed E-state index contributed by atoms with van der Waals surface area (Å²) in [6.07, 6.45) is -0.286. The quantitative estimate of drug-likeness (QED) is 0.0266. The Bertz CT molecular complexity index is 1540. The molecule has 0 spiro atoms. The van der Waals surface area contributed by atoms with Crippen molar-refractivity contribution < 1.29 is 43.5 Å². The molecule has 1 aromatic rings. The summed E-state index contributed by atoms with van der Waals surface area (Å²) < 4.78 is 0. The molecule has 0 aliphatic rings. The van der Waals surface area contributed by atoms with E-state index in [4.69, 9.17) is 22.9 Å². The number of carbonyl (C=O) groups excluding carboxylic acids is 8. The van der Waals surface area contributed by atoms with Crippen LogP contribution < -0.4 is 60.2 Å². The summed E-state index contributed by atoms with van der Waals surface area (Å²) in [5.74, 6) is -7.49. The maximum absolute atomic E-state index is 13.4. The van der Waals surface area contributed by atoms with Crippen molar-refractivity contribution in [3.8, 4) is 0 Å². The van der Waals surface area contributed by atoms with Crippen molar-refractivity contribution in [2.45, 2.75) is 89.6 Å². The van der Waals surface area contributed by atoms with Gasteiger partial charge in [0, 0.05) is 20.0 Å². The minimum Gasteiger partial charge on any atom is -0.394 e. The Morgan fingerprint density at radius 1 is 0.696 bits per heavy atom. The molecule has 0 aromatic heterocycles. The van der Waals surface area contributed by atoms with Crippen LogP contribution in [0.2, 0.25) is 0 Å². The van der Waals surface area contributed by atoms with Crippen molar-refractivity contribution in [3.63, 3.8) is 0 Å². The Labute approximate surface area is 325 Å². The van der Waals surface area contributed by atoms with E-state index in [0.717, 1.165) is 5.56 Å². The third-order valence-corrected chi connectivity index (χ3v) is 8.30. The number of aliphatic hydroxyl groups excluding tert-OH is 1. The van der Waals surface area contributed by atoms with E-state index in [2.05, 4.69) is 42.2 Å². The number of rotatable bonds is 24. The predicted molar refractivity (Wildman–Crippen MR) is 205 cm³/mol. The van der Waals surface area contributed by atoms with Crippen molar-refractivity contribution >= 4 is 53.2 Å². The maximum atomic E-state index is 13.4. The van der Waals surface area contributed by atoms with Crippen LogP contribution in [0.1, 0.15) is 52.5 Å². The molecule has 8 amide bonds. The number of nitrogens with zero attached hydrogens (tertiary/aromatic N) is 1. The summed E-state index contributed by atoms with van der Waals surface area (Å²) in [7, 11) is 1.41. The molecule has 56 heavy (non-hydrogen) atoms. The summed E-state index contributed by atoms with van der Waals surface area (Å²) in [6.45, 7) is 5.13. The molecule has 0 saturated heterocycles. The van der Waals surface area contributed by atoms with Gasteiger partial charge in [0.05, 0.1) is 25.6 Å². The van der Waals surface area contributed by atoms with E-state index in [1.54, 1.807) is 58.0 Å². The van der Waals surface area contributed by atoms with Crippen LogP contribution in [0.4, 0.5) is 0 Å². The first-order valence-electron chi connectivity index (χ1n) is 18.0. The van der Waals surface area contributed by atoms with Crippen LogP contribution in [0.3, 0.4) is 0 Å². The number of aliphatic hydroxyl groups is 1. The maximum Gasteiger partial charge on any atom is 0.245 e. The monoisotopic (exact) mass is 790 g/mol. The molecule has 21 nitrogen and oxygen atoms in total. The highest BCUT2D eigenvalue weighted by Crippen LogP contribution is 2.08. The Morgan fingerprint density at radius 3 is 1.82 bits per heavy atom. The lowest BCUT2D eigenvalue weighted by Crippen LogP contribution is -2.60. The lowest BCUT2D eigenvalue weighted by atomic mass is 9.99. The normalized spacial score (nSPS) is 14.1. The molecule has 1 rings (SSSR count). The van der Waals surface area contributed by atoms with E-state index in [1.165, 1.54) is 7.05 Å².